The number of aliphatic hydroxyl groups is 1. The molecule has 0 saturated carbocycles. The van der Waals surface area contributed by atoms with E-state index in [1.54, 1.807) is 6.07 Å². The van der Waals surface area contributed by atoms with Crippen LogP contribution in [0.4, 0.5) is 13.2 Å². The van der Waals surface area contributed by atoms with Gasteiger partial charge in [0.1, 0.15) is 5.75 Å². The maximum atomic E-state index is 12.2. The van der Waals surface area contributed by atoms with Gasteiger partial charge in [0.2, 0.25) is 0 Å². The average Bonchev–Trinajstić information content (AvgIpc) is 2.54. The summed E-state index contributed by atoms with van der Waals surface area (Å²) in [7, 11) is 0. The van der Waals surface area contributed by atoms with E-state index in [0.29, 0.717) is 18.5 Å². The fourth-order valence-electron chi connectivity index (χ4n) is 2.39. The van der Waals surface area contributed by atoms with Crippen molar-refractivity contribution in [2.45, 2.75) is 31.5 Å². The summed E-state index contributed by atoms with van der Waals surface area (Å²) < 4.78 is 40.5. The molecule has 0 radical (unpaired) electrons. The summed E-state index contributed by atoms with van der Waals surface area (Å²) in [5.74, 6) is -0.270. The lowest BCUT2D eigenvalue weighted by Gasteiger charge is -2.19. The second-order valence-corrected chi connectivity index (χ2v) is 5.75. The Bertz CT molecular complexity index is 650. The van der Waals surface area contributed by atoms with Crippen LogP contribution < -0.4 is 15.8 Å². The summed E-state index contributed by atoms with van der Waals surface area (Å²) in [6.07, 6.45) is -4.94. The highest BCUT2D eigenvalue weighted by atomic mass is 19.4. The molecule has 0 bridgehead atoms. The molecular formula is C18H21F3N2O2. The number of benzene rings is 2. The molecule has 0 aromatic heterocycles. The first-order chi connectivity index (χ1) is 11.8. The van der Waals surface area contributed by atoms with Crippen molar-refractivity contribution in [3.8, 4) is 5.75 Å². The van der Waals surface area contributed by atoms with Crippen LogP contribution in [-0.4, -0.2) is 30.2 Å². The van der Waals surface area contributed by atoms with Gasteiger partial charge in [-0.1, -0.05) is 42.5 Å². The Morgan fingerprint density at radius 1 is 1.04 bits per heavy atom. The Morgan fingerprint density at radius 2 is 1.72 bits per heavy atom. The van der Waals surface area contributed by atoms with E-state index in [9.17, 15) is 18.3 Å². The minimum Gasteiger partial charge on any atom is -0.406 e. The third-order valence-corrected chi connectivity index (χ3v) is 3.62. The van der Waals surface area contributed by atoms with Gasteiger partial charge in [0.05, 0.1) is 6.10 Å². The van der Waals surface area contributed by atoms with Crippen molar-refractivity contribution in [3.63, 3.8) is 0 Å². The molecule has 0 fully saturated rings. The maximum Gasteiger partial charge on any atom is 0.573 e. The third-order valence-electron chi connectivity index (χ3n) is 3.62. The second-order valence-electron chi connectivity index (χ2n) is 5.75. The van der Waals surface area contributed by atoms with Gasteiger partial charge in [-0.15, -0.1) is 13.2 Å². The number of halogens is 3. The van der Waals surface area contributed by atoms with Gasteiger partial charge < -0.3 is 20.9 Å². The lowest BCUT2D eigenvalue weighted by atomic mass is 10.0. The smallest absolute Gasteiger partial charge is 0.406 e. The Kier molecular flexibility index (Phi) is 6.81. The topological polar surface area (TPSA) is 67.5 Å². The summed E-state index contributed by atoms with van der Waals surface area (Å²) in [5, 5.41) is 13.1. The number of nitrogens with two attached hydrogens (primary N) is 1. The van der Waals surface area contributed by atoms with Crippen LogP contribution in [0.25, 0.3) is 0 Å². The Balaban J connectivity index is 1.79. The summed E-state index contributed by atoms with van der Waals surface area (Å²) in [5.41, 5.74) is 7.64. The van der Waals surface area contributed by atoms with Crippen LogP contribution in [0.5, 0.6) is 5.75 Å². The largest absolute Gasteiger partial charge is 0.573 e. The van der Waals surface area contributed by atoms with Crippen LogP contribution in [0, 0.1) is 0 Å². The number of aliphatic hydroxyl groups excluding tert-OH is 1. The highest BCUT2D eigenvalue weighted by Crippen LogP contribution is 2.23. The quantitative estimate of drug-likeness (QED) is 0.682. The van der Waals surface area contributed by atoms with E-state index in [1.807, 2.05) is 30.3 Å². The van der Waals surface area contributed by atoms with Crippen molar-refractivity contribution in [2.75, 3.05) is 6.54 Å². The monoisotopic (exact) mass is 354 g/mol. The molecule has 0 amide bonds. The van der Waals surface area contributed by atoms with Crippen LogP contribution in [0.1, 0.15) is 11.1 Å². The molecule has 4 nitrogen and oxygen atoms in total. The summed E-state index contributed by atoms with van der Waals surface area (Å²) in [6.45, 7) is 0.530. The first-order valence-electron chi connectivity index (χ1n) is 7.86. The van der Waals surface area contributed by atoms with Crippen LogP contribution in [0.2, 0.25) is 0 Å². The van der Waals surface area contributed by atoms with Crippen molar-refractivity contribution in [1.29, 1.82) is 0 Å². The molecule has 2 rings (SSSR count). The molecule has 4 N–H and O–H groups in total. The van der Waals surface area contributed by atoms with E-state index in [-0.39, 0.29) is 12.3 Å². The van der Waals surface area contributed by atoms with Crippen molar-refractivity contribution in [3.05, 3.63) is 65.7 Å². The van der Waals surface area contributed by atoms with Crippen molar-refractivity contribution >= 4 is 0 Å². The fourth-order valence-corrected chi connectivity index (χ4v) is 2.39. The average molecular weight is 354 g/mol. The third kappa shape index (κ3) is 7.13. The Hall–Kier alpha value is -2.09. The summed E-state index contributed by atoms with van der Waals surface area (Å²) in [6, 6.07) is 14.9. The lowest BCUT2D eigenvalue weighted by Crippen LogP contribution is -2.42. The highest BCUT2D eigenvalue weighted by Gasteiger charge is 2.31. The Morgan fingerprint density at radius 3 is 2.40 bits per heavy atom. The van der Waals surface area contributed by atoms with Gasteiger partial charge in [0, 0.05) is 19.1 Å². The van der Waals surface area contributed by atoms with Gasteiger partial charge in [0.25, 0.3) is 0 Å². The standard InChI is InChI=1S/C18H21F3N2O2/c19-18(20,21)25-15-8-4-7-14(9-15)11-23-12-17(24)16(22)10-13-5-2-1-3-6-13/h1-9,16-17,23-24H,10-12,22H2/t16?,17-/m0/s1. The summed E-state index contributed by atoms with van der Waals surface area (Å²) in [4.78, 5) is 0. The molecular weight excluding hydrogens is 333 g/mol. The molecule has 0 saturated heterocycles. The molecule has 0 aliphatic carbocycles. The predicted molar refractivity (Wildman–Crippen MR) is 89.0 cm³/mol. The lowest BCUT2D eigenvalue weighted by molar-refractivity contribution is -0.274. The normalized spacial score (nSPS) is 14.1. The Labute approximate surface area is 144 Å². The maximum absolute atomic E-state index is 12.2. The first-order valence-corrected chi connectivity index (χ1v) is 7.86. The fraction of sp³-hybridized carbons (Fsp3) is 0.333. The second kappa shape index (κ2) is 8.84. The molecule has 136 valence electrons. The van der Waals surface area contributed by atoms with Gasteiger partial charge in [0.15, 0.2) is 0 Å². The predicted octanol–water partition coefficient (Wildman–Crippen LogP) is 2.61. The molecule has 2 aromatic rings. The molecule has 2 atom stereocenters. The van der Waals surface area contributed by atoms with Crippen molar-refractivity contribution < 1.29 is 23.0 Å². The van der Waals surface area contributed by atoms with Crippen LogP contribution in [0.3, 0.4) is 0 Å². The minimum absolute atomic E-state index is 0.234. The first kappa shape index (κ1) is 19.2. The van der Waals surface area contributed by atoms with E-state index < -0.39 is 18.5 Å². The molecule has 25 heavy (non-hydrogen) atoms. The highest BCUT2D eigenvalue weighted by molar-refractivity contribution is 5.28. The van der Waals surface area contributed by atoms with Gasteiger partial charge in [-0.3, -0.25) is 0 Å². The number of hydrogen-bond donors (Lipinski definition) is 3. The molecule has 0 heterocycles. The van der Waals surface area contributed by atoms with Crippen molar-refractivity contribution in [2.24, 2.45) is 5.73 Å². The zero-order chi connectivity index (χ0) is 18.3. The number of alkyl halides is 3. The zero-order valence-corrected chi connectivity index (χ0v) is 13.5. The summed E-state index contributed by atoms with van der Waals surface area (Å²) >= 11 is 0. The molecule has 1 unspecified atom stereocenters. The van der Waals surface area contributed by atoms with E-state index in [4.69, 9.17) is 5.73 Å². The van der Waals surface area contributed by atoms with E-state index in [2.05, 4.69) is 10.1 Å². The molecule has 7 heteroatoms. The minimum atomic E-state index is -4.72. The van der Waals surface area contributed by atoms with E-state index in [1.165, 1.54) is 18.2 Å². The van der Waals surface area contributed by atoms with Gasteiger partial charge in [-0.05, 0) is 29.7 Å². The number of nitrogens with one attached hydrogen (secondary N) is 1. The zero-order valence-electron chi connectivity index (χ0n) is 13.5. The van der Waals surface area contributed by atoms with Gasteiger partial charge in [-0.2, -0.15) is 0 Å². The molecule has 0 aliphatic rings. The van der Waals surface area contributed by atoms with Crippen LogP contribution >= 0.6 is 0 Å². The number of rotatable bonds is 8. The molecule has 0 aliphatic heterocycles. The van der Waals surface area contributed by atoms with E-state index in [0.717, 1.165) is 5.56 Å². The van der Waals surface area contributed by atoms with Crippen molar-refractivity contribution in [1.82, 2.24) is 5.32 Å². The molecule has 0 spiro atoms. The van der Waals surface area contributed by atoms with E-state index >= 15 is 0 Å². The van der Waals surface area contributed by atoms with Gasteiger partial charge in [-0.25, -0.2) is 0 Å². The molecule has 2 aromatic carbocycles. The number of hydrogen-bond acceptors (Lipinski definition) is 4. The number of ether oxygens (including phenoxy) is 1. The van der Waals surface area contributed by atoms with Gasteiger partial charge >= 0.3 is 6.36 Å². The SMILES string of the molecule is NC(Cc1ccccc1)[C@@H](O)CNCc1cccc(OC(F)(F)F)c1. The van der Waals surface area contributed by atoms with Crippen LogP contribution in [-0.2, 0) is 13.0 Å². The van der Waals surface area contributed by atoms with Crippen LogP contribution in [0.15, 0.2) is 54.6 Å².